The van der Waals surface area contributed by atoms with Crippen molar-refractivity contribution in [1.29, 1.82) is 0 Å². The molecule has 1 saturated heterocycles. The number of guanidine groups is 1. The third-order valence-corrected chi connectivity index (χ3v) is 3.99. The molecular weight excluding hydrogens is 319 g/mol. The number of benzene rings is 1. The van der Waals surface area contributed by atoms with Crippen LogP contribution in [-0.4, -0.2) is 35.5 Å². The van der Waals surface area contributed by atoms with Gasteiger partial charge in [0, 0.05) is 31.9 Å². The predicted molar refractivity (Wildman–Crippen MR) is 96.3 cm³/mol. The van der Waals surface area contributed by atoms with Crippen molar-refractivity contribution >= 4 is 5.96 Å². The largest absolute Gasteiger partial charge is 0.439 e. The maximum Gasteiger partial charge on any atom is 0.219 e. The fourth-order valence-corrected chi connectivity index (χ4v) is 2.75. The molecule has 0 aliphatic carbocycles. The van der Waals surface area contributed by atoms with E-state index in [1.807, 2.05) is 12.1 Å². The first-order valence-corrected chi connectivity index (χ1v) is 8.66. The van der Waals surface area contributed by atoms with Gasteiger partial charge in [-0.15, -0.1) is 0 Å². The Hall–Kier alpha value is -2.63. The average molecular weight is 342 g/mol. The summed E-state index contributed by atoms with van der Waals surface area (Å²) in [5, 5.41) is 3.35. The van der Waals surface area contributed by atoms with Crippen LogP contribution in [0.25, 0.3) is 0 Å². The van der Waals surface area contributed by atoms with Crippen LogP contribution >= 0.6 is 0 Å². The Balaban J connectivity index is 1.67. The van der Waals surface area contributed by atoms with Crippen LogP contribution in [0, 0.1) is 5.82 Å². The summed E-state index contributed by atoms with van der Waals surface area (Å²) < 4.78 is 18.6. The minimum Gasteiger partial charge on any atom is -0.439 e. The van der Waals surface area contributed by atoms with Crippen molar-refractivity contribution in [3.63, 3.8) is 0 Å². The third kappa shape index (κ3) is 4.92. The van der Waals surface area contributed by atoms with E-state index in [0.29, 0.717) is 18.2 Å². The van der Waals surface area contributed by atoms with Crippen molar-refractivity contribution in [3.05, 3.63) is 54.0 Å². The molecule has 6 heteroatoms. The number of hydrogen-bond acceptors (Lipinski definition) is 3. The second-order valence-electron chi connectivity index (χ2n) is 5.92. The molecule has 0 amide bonds. The van der Waals surface area contributed by atoms with Crippen LogP contribution in [0.3, 0.4) is 0 Å². The minimum absolute atomic E-state index is 0.290. The SMILES string of the molecule is CCNC(=NCc1ccnc(Oc2ccc(F)cc2)c1)N1CCCC1. The Labute approximate surface area is 147 Å². The monoisotopic (exact) mass is 342 g/mol. The van der Waals surface area contributed by atoms with Crippen LogP contribution in [-0.2, 0) is 6.54 Å². The summed E-state index contributed by atoms with van der Waals surface area (Å²) in [7, 11) is 0. The number of ether oxygens (including phenoxy) is 1. The molecule has 1 N–H and O–H groups in total. The molecule has 0 unspecified atom stereocenters. The van der Waals surface area contributed by atoms with Crippen LogP contribution in [0.1, 0.15) is 25.3 Å². The molecule has 1 fully saturated rings. The second kappa shape index (κ2) is 8.46. The number of hydrogen-bond donors (Lipinski definition) is 1. The molecular formula is C19H23FN4O. The molecule has 25 heavy (non-hydrogen) atoms. The summed E-state index contributed by atoms with van der Waals surface area (Å²) in [6.07, 6.45) is 4.14. The Morgan fingerprint density at radius 2 is 2.00 bits per heavy atom. The van der Waals surface area contributed by atoms with E-state index in [1.165, 1.54) is 25.0 Å². The molecule has 132 valence electrons. The lowest BCUT2D eigenvalue weighted by Crippen LogP contribution is -2.39. The summed E-state index contributed by atoms with van der Waals surface area (Å²) in [6.45, 7) is 5.60. The smallest absolute Gasteiger partial charge is 0.219 e. The maximum absolute atomic E-state index is 13.0. The highest BCUT2D eigenvalue weighted by molar-refractivity contribution is 5.80. The van der Waals surface area contributed by atoms with Crippen molar-refractivity contribution in [2.75, 3.05) is 19.6 Å². The van der Waals surface area contributed by atoms with Gasteiger partial charge >= 0.3 is 0 Å². The molecule has 0 radical (unpaired) electrons. The molecule has 5 nitrogen and oxygen atoms in total. The molecule has 1 aliphatic heterocycles. The van der Waals surface area contributed by atoms with Gasteiger partial charge in [0.1, 0.15) is 11.6 Å². The molecule has 0 spiro atoms. The van der Waals surface area contributed by atoms with Gasteiger partial charge in [0.2, 0.25) is 5.88 Å². The number of aromatic nitrogens is 1. The zero-order valence-electron chi connectivity index (χ0n) is 14.4. The second-order valence-corrected chi connectivity index (χ2v) is 5.92. The van der Waals surface area contributed by atoms with Gasteiger partial charge in [-0.05, 0) is 55.7 Å². The first kappa shape index (κ1) is 17.2. The maximum atomic E-state index is 13.0. The summed E-state index contributed by atoms with van der Waals surface area (Å²) in [5.74, 6) is 1.70. The van der Waals surface area contributed by atoms with Crippen LogP contribution in [0.4, 0.5) is 4.39 Å². The van der Waals surface area contributed by atoms with E-state index in [-0.39, 0.29) is 5.82 Å². The van der Waals surface area contributed by atoms with Crippen LogP contribution < -0.4 is 10.1 Å². The van der Waals surface area contributed by atoms with E-state index in [0.717, 1.165) is 31.2 Å². The molecule has 0 bridgehead atoms. The topological polar surface area (TPSA) is 49.8 Å². The minimum atomic E-state index is -0.290. The highest BCUT2D eigenvalue weighted by atomic mass is 19.1. The third-order valence-electron chi connectivity index (χ3n) is 3.99. The highest BCUT2D eigenvalue weighted by Crippen LogP contribution is 2.20. The van der Waals surface area contributed by atoms with Gasteiger partial charge in [-0.1, -0.05) is 0 Å². The first-order chi connectivity index (χ1) is 12.2. The summed E-state index contributed by atoms with van der Waals surface area (Å²) in [5.41, 5.74) is 1.02. The zero-order chi connectivity index (χ0) is 17.5. The van der Waals surface area contributed by atoms with E-state index >= 15 is 0 Å². The number of nitrogens with one attached hydrogen (secondary N) is 1. The summed E-state index contributed by atoms with van der Waals surface area (Å²) in [6, 6.07) is 9.68. The number of aliphatic imine (C=N–C) groups is 1. The number of likely N-dealkylation sites (tertiary alicyclic amines) is 1. The molecule has 1 aromatic heterocycles. The van der Waals surface area contributed by atoms with Gasteiger partial charge in [0.15, 0.2) is 5.96 Å². The van der Waals surface area contributed by atoms with E-state index in [4.69, 9.17) is 9.73 Å². The zero-order valence-corrected chi connectivity index (χ0v) is 14.4. The molecule has 1 aliphatic rings. The number of pyridine rings is 1. The lowest BCUT2D eigenvalue weighted by atomic mass is 10.2. The molecule has 0 atom stereocenters. The number of rotatable bonds is 5. The Kier molecular flexibility index (Phi) is 5.82. The molecule has 3 rings (SSSR count). The average Bonchev–Trinajstić information content (AvgIpc) is 3.15. The highest BCUT2D eigenvalue weighted by Gasteiger charge is 2.15. The fraction of sp³-hybridized carbons (Fsp3) is 0.368. The van der Waals surface area contributed by atoms with Crippen molar-refractivity contribution in [2.24, 2.45) is 4.99 Å². The van der Waals surface area contributed by atoms with Gasteiger partial charge in [-0.3, -0.25) is 0 Å². The fourth-order valence-electron chi connectivity index (χ4n) is 2.75. The van der Waals surface area contributed by atoms with E-state index < -0.39 is 0 Å². The lowest BCUT2D eigenvalue weighted by Gasteiger charge is -2.20. The Bertz CT molecular complexity index is 712. The van der Waals surface area contributed by atoms with Crippen molar-refractivity contribution in [1.82, 2.24) is 15.2 Å². The predicted octanol–water partition coefficient (Wildman–Crippen LogP) is 3.57. The van der Waals surface area contributed by atoms with Crippen LogP contribution in [0.5, 0.6) is 11.6 Å². The van der Waals surface area contributed by atoms with Crippen LogP contribution in [0.15, 0.2) is 47.6 Å². The molecule has 2 aromatic rings. The van der Waals surface area contributed by atoms with Gasteiger partial charge in [-0.2, -0.15) is 0 Å². The standard InChI is InChI=1S/C19H23FN4O/c1-2-21-19(24-11-3-4-12-24)23-14-15-9-10-22-18(13-15)25-17-7-5-16(20)6-8-17/h5-10,13H,2-4,11-12,14H2,1H3,(H,21,23). The quantitative estimate of drug-likeness (QED) is 0.667. The van der Waals surface area contributed by atoms with E-state index in [2.05, 4.69) is 22.1 Å². The van der Waals surface area contributed by atoms with Gasteiger partial charge in [0.25, 0.3) is 0 Å². The van der Waals surface area contributed by atoms with Gasteiger partial charge in [0.05, 0.1) is 6.54 Å². The number of nitrogens with zero attached hydrogens (tertiary/aromatic N) is 3. The summed E-state index contributed by atoms with van der Waals surface area (Å²) >= 11 is 0. The Morgan fingerprint density at radius 3 is 2.72 bits per heavy atom. The van der Waals surface area contributed by atoms with Gasteiger partial charge < -0.3 is 15.0 Å². The summed E-state index contributed by atoms with van der Waals surface area (Å²) in [4.78, 5) is 11.2. The Morgan fingerprint density at radius 1 is 1.24 bits per heavy atom. The molecule has 0 saturated carbocycles. The lowest BCUT2D eigenvalue weighted by molar-refractivity contribution is 0.460. The van der Waals surface area contributed by atoms with Crippen molar-refractivity contribution in [2.45, 2.75) is 26.3 Å². The number of halogens is 1. The van der Waals surface area contributed by atoms with Crippen molar-refractivity contribution < 1.29 is 9.13 Å². The normalized spacial score (nSPS) is 14.6. The van der Waals surface area contributed by atoms with E-state index in [9.17, 15) is 4.39 Å². The van der Waals surface area contributed by atoms with Crippen molar-refractivity contribution in [3.8, 4) is 11.6 Å². The van der Waals surface area contributed by atoms with Crippen LogP contribution in [0.2, 0.25) is 0 Å². The first-order valence-electron chi connectivity index (χ1n) is 8.66. The van der Waals surface area contributed by atoms with Gasteiger partial charge in [-0.25, -0.2) is 14.4 Å². The molecule has 2 heterocycles. The van der Waals surface area contributed by atoms with E-state index in [1.54, 1.807) is 18.3 Å². The molecule has 1 aromatic carbocycles.